The fourth-order valence-corrected chi connectivity index (χ4v) is 3.20. The zero-order valence-electron chi connectivity index (χ0n) is 15.6. The van der Waals surface area contributed by atoms with E-state index in [0.717, 1.165) is 5.56 Å². The van der Waals surface area contributed by atoms with Crippen LogP contribution in [0.4, 0.5) is 0 Å². The number of aromatic nitrogens is 2. The van der Waals surface area contributed by atoms with Crippen molar-refractivity contribution in [2.75, 3.05) is 6.54 Å². The van der Waals surface area contributed by atoms with Crippen LogP contribution in [-0.2, 0) is 27.2 Å². The van der Waals surface area contributed by atoms with Crippen LogP contribution in [0.1, 0.15) is 18.2 Å². The summed E-state index contributed by atoms with van der Waals surface area (Å²) in [5, 5.41) is 2.70. The maximum atomic E-state index is 13.0. The van der Waals surface area contributed by atoms with Gasteiger partial charge in [-0.05, 0) is 18.9 Å². The molecule has 3 N–H and O–H groups in total. The first kappa shape index (κ1) is 22.7. The van der Waals surface area contributed by atoms with Crippen molar-refractivity contribution in [1.82, 2.24) is 20.2 Å². The van der Waals surface area contributed by atoms with Gasteiger partial charge in [-0.1, -0.05) is 36.4 Å². The number of nitrogens with one attached hydrogen (secondary N) is 3. The number of rotatable bonds is 6. The van der Waals surface area contributed by atoms with Crippen LogP contribution in [0, 0.1) is 44.1 Å². The van der Waals surface area contributed by atoms with Gasteiger partial charge in [0.1, 0.15) is 12.1 Å². The molecule has 1 aliphatic rings. The van der Waals surface area contributed by atoms with Crippen LogP contribution in [0.5, 0.6) is 0 Å². The molecule has 1 saturated heterocycles. The molecule has 9 heteroatoms. The maximum Gasteiger partial charge on any atom is 0.243 e. The van der Waals surface area contributed by atoms with Gasteiger partial charge in [0.15, 0.2) is 5.78 Å². The van der Waals surface area contributed by atoms with E-state index in [2.05, 4.69) is 15.3 Å². The van der Waals surface area contributed by atoms with Crippen molar-refractivity contribution in [2.45, 2.75) is 37.9 Å². The Labute approximate surface area is 199 Å². The van der Waals surface area contributed by atoms with E-state index in [1.807, 2.05) is 30.3 Å². The van der Waals surface area contributed by atoms with Gasteiger partial charge >= 0.3 is 0 Å². The standard InChI is InChI=1S/C19H22N5O3.Ac/c1-12(25)16-10-24(19(27)15(20)8-14-9-21-11-22-14)17(18(26)23-16)7-13-5-3-2-4-6-13;/h2-6,9,11,15-17,20H,7-8,10H2,1H3,(H,21,22)(H,23,26);/q-1;/t15-,16?,17?;/m0./s1. The second-order valence-electron chi connectivity index (χ2n) is 6.70. The number of hydrogen-bond donors (Lipinski definition) is 2. The van der Waals surface area contributed by atoms with Crippen molar-refractivity contribution in [3.05, 3.63) is 59.8 Å². The Morgan fingerprint density at radius 2 is 2.04 bits per heavy atom. The summed E-state index contributed by atoms with van der Waals surface area (Å²) in [4.78, 5) is 45.5. The summed E-state index contributed by atoms with van der Waals surface area (Å²) < 4.78 is 0. The number of imidazole rings is 1. The van der Waals surface area contributed by atoms with E-state index in [1.54, 1.807) is 6.20 Å². The fraction of sp³-hybridized carbons (Fsp3) is 0.368. The van der Waals surface area contributed by atoms with Gasteiger partial charge in [0.25, 0.3) is 0 Å². The van der Waals surface area contributed by atoms with Crippen molar-refractivity contribution in [1.29, 1.82) is 0 Å². The third-order valence-corrected chi connectivity index (χ3v) is 4.70. The van der Waals surface area contributed by atoms with Gasteiger partial charge in [0.2, 0.25) is 11.8 Å². The van der Waals surface area contributed by atoms with E-state index in [0.29, 0.717) is 12.1 Å². The first-order chi connectivity index (χ1) is 13.0. The molecule has 1 aliphatic heterocycles. The molecule has 28 heavy (non-hydrogen) atoms. The second kappa shape index (κ2) is 10.3. The minimum Gasteiger partial charge on any atom is -0.667 e. The molecule has 2 heterocycles. The number of ketones is 1. The molecule has 145 valence electrons. The molecule has 3 atom stereocenters. The number of benzene rings is 1. The Bertz CT molecular complexity index is 812. The van der Waals surface area contributed by atoms with Crippen molar-refractivity contribution in [3.8, 4) is 0 Å². The molecule has 3 rings (SSSR count). The Balaban J connectivity index is 0.00000280. The third-order valence-electron chi connectivity index (χ3n) is 4.70. The number of nitrogens with zero attached hydrogens (tertiary/aromatic N) is 2. The van der Waals surface area contributed by atoms with E-state index >= 15 is 0 Å². The third kappa shape index (κ3) is 5.49. The largest absolute Gasteiger partial charge is 0.667 e. The molecular weight excluding hydrogens is 573 g/mol. The monoisotopic (exact) mass is 595 g/mol. The number of H-pyrrole nitrogens is 1. The minimum atomic E-state index is -1.08. The molecule has 1 aromatic heterocycles. The van der Waals surface area contributed by atoms with Crippen LogP contribution >= 0.6 is 0 Å². The van der Waals surface area contributed by atoms with Gasteiger partial charge in [-0.2, -0.15) is 0 Å². The van der Waals surface area contributed by atoms with Gasteiger partial charge < -0.3 is 20.9 Å². The predicted octanol–water partition coefficient (Wildman–Crippen LogP) is 0.900. The molecule has 2 unspecified atom stereocenters. The van der Waals surface area contributed by atoms with Gasteiger partial charge in [-0.25, -0.2) is 4.98 Å². The van der Waals surface area contributed by atoms with Gasteiger partial charge in [0.05, 0.1) is 6.33 Å². The molecule has 0 aliphatic carbocycles. The SMILES string of the molecule is CC(=O)C1CN(C(=O)[C@@H]([NH-])Cc2cnc[nH]2)C(Cc2ccccc2)C(=O)N1.[Ac]. The maximum absolute atomic E-state index is 13.0. The normalized spacial score (nSPS) is 20.1. The summed E-state index contributed by atoms with van der Waals surface area (Å²) in [5.74, 6) is -1.05. The smallest absolute Gasteiger partial charge is 0.243 e. The second-order valence-corrected chi connectivity index (χ2v) is 6.70. The summed E-state index contributed by atoms with van der Waals surface area (Å²) in [6.07, 6.45) is 3.56. The van der Waals surface area contributed by atoms with Crippen LogP contribution in [0.25, 0.3) is 5.73 Å². The summed E-state index contributed by atoms with van der Waals surface area (Å²) in [5.41, 5.74) is 9.83. The first-order valence-electron chi connectivity index (χ1n) is 8.79. The number of aromatic amines is 1. The van der Waals surface area contributed by atoms with Crippen LogP contribution < -0.4 is 5.32 Å². The Morgan fingerprint density at radius 3 is 2.64 bits per heavy atom. The average molecular weight is 595 g/mol. The van der Waals surface area contributed by atoms with E-state index in [-0.39, 0.29) is 68.7 Å². The summed E-state index contributed by atoms with van der Waals surface area (Å²) in [7, 11) is 0. The Kier molecular flexibility index (Phi) is 8.35. The van der Waals surface area contributed by atoms with Crippen molar-refractivity contribution in [3.63, 3.8) is 0 Å². The molecule has 1 fully saturated rings. The van der Waals surface area contributed by atoms with Crippen LogP contribution in [0.2, 0.25) is 0 Å². The molecule has 1 radical (unpaired) electrons. The summed E-state index contributed by atoms with van der Waals surface area (Å²) >= 11 is 0. The fourth-order valence-electron chi connectivity index (χ4n) is 3.20. The van der Waals surface area contributed by atoms with E-state index in [9.17, 15) is 14.4 Å². The zero-order valence-corrected chi connectivity index (χ0v) is 20.3. The number of piperazine rings is 1. The molecule has 0 spiro atoms. The molecular formula is C19H22AcN5O3-. The molecule has 8 nitrogen and oxygen atoms in total. The van der Waals surface area contributed by atoms with E-state index < -0.39 is 24.0 Å². The van der Waals surface area contributed by atoms with Crippen LogP contribution in [-0.4, -0.2) is 57.1 Å². The number of carbonyl (C=O) groups excluding carboxylic acids is 3. The average Bonchev–Trinajstić information content (AvgIpc) is 3.16. The number of amides is 2. The minimum absolute atomic E-state index is 0. The van der Waals surface area contributed by atoms with Crippen LogP contribution in [0.3, 0.4) is 0 Å². The van der Waals surface area contributed by atoms with Crippen molar-refractivity contribution < 1.29 is 58.4 Å². The van der Waals surface area contributed by atoms with Crippen molar-refractivity contribution in [2.24, 2.45) is 0 Å². The van der Waals surface area contributed by atoms with Crippen molar-refractivity contribution >= 4 is 17.6 Å². The van der Waals surface area contributed by atoms with Gasteiger partial charge in [-0.15, -0.1) is 0 Å². The zero-order chi connectivity index (χ0) is 19.4. The summed E-state index contributed by atoms with van der Waals surface area (Å²) in [6, 6.07) is 6.81. The predicted molar refractivity (Wildman–Crippen MR) is 98.7 cm³/mol. The Morgan fingerprint density at radius 1 is 1.32 bits per heavy atom. The molecule has 1 aromatic carbocycles. The summed E-state index contributed by atoms with van der Waals surface area (Å²) in [6.45, 7) is 1.46. The molecule has 0 saturated carbocycles. The van der Waals surface area contributed by atoms with E-state index in [4.69, 9.17) is 5.73 Å². The molecule has 2 amide bonds. The number of hydrogen-bond acceptors (Lipinski definition) is 4. The van der Waals surface area contributed by atoms with E-state index in [1.165, 1.54) is 18.2 Å². The number of carbonyl (C=O) groups is 3. The Hall–Kier alpha value is -1.56. The quantitative estimate of drug-likeness (QED) is 0.516. The number of Topliss-reactive ketones (excluding diaryl/α,β-unsaturated/α-hetero) is 1. The van der Waals surface area contributed by atoms with Gasteiger partial charge in [0, 0.05) is 68.9 Å². The van der Waals surface area contributed by atoms with Gasteiger partial charge in [-0.3, -0.25) is 14.4 Å². The molecule has 0 bridgehead atoms. The van der Waals surface area contributed by atoms with Crippen LogP contribution in [0.15, 0.2) is 42.9 Å². The molecule has 2 aromatic rings. The topological polar surface area (TPSA) is 119 Å². The first-order valence-corrected chi connectivity index (χ1v) is 8.79.